The largest absolute Gasteiger partial charge is 0.381 e. The molecular formula is C11H19N3O. The molecule has 1 atom stereocenters. The standard InChI is InChI=1S/C11H19N3O/c12-7-11-8-13-3-4-14(11)9-10-1-5-15-6-2-10/h10-11,13H,1-6,8-9H2. The number of piperazine rings is 1. The Hall–Kier alpha value is -0.630. The first-order valence-corrected chi connectivity index (χ1v) is 5.82. The highest BCUT2D eigenvalue weighted by Gasteiger charge is 2.25. The molecule has 0 aromatic heterocycles. The van der Waals surface area contributed by atoms with Gasteiger partial charge in [-0.25, -0.2) is 0 Å². The van der Waals surface area contributed by atoms with Gasteiger partial charge in [-0.3, -0.25) is 4.90 Å². The highest BCUT2D eigenvalue weighted by atomic mass is 16.5. The van der Waals surface area contributed by atoms with Crippen LogP contribution < -0.4 is 5.32 Å². The Morgan fingerprint density at radius 2 is 2.20 bits per heavy atom. The zero-order valence-electron chi connectivity index (χ0n) is 9.11. The van der Waals surface area contributed by atoms with Gasteiger partial charge in [0.1, 0.15) is 6.04 Å². The molecule has 2 rings (SSSR count). The number of nitrogens with one attached hydrogen (secondary N) is 1. The Balaban J connectivity index is 1.83. The third-order valence-corrected chi connectivity index (χ3v) is 3.34. The summed E-state index contributed by atoms with van der Waals surface area (Å²) in [5, 5.41) is 12.3. The van der Waals surface area contributed by atoms with E-state index in [9.17, 15) is 0 Å². The SMILES string of the molecule is N#CC1CNCCN1CC1CCOCC1. The summed E-state index contributed by atoms with van der Waals surface area (Å²) in [6.45, 7) is 5.71. The normalized spacial score (nSPS) is 29.9. The molecule has 0 saturated carbocycles. The van der Waals surface area contributed by atoms with Crippen LogP contribution >= 0.6 is 0 Å². The van der Waals surface area contributed by atoms with Crippen molar-refractivity contribution < 1.29 is 4.74 Å². The van der Waals surface area contributed by atoms with E-state index in [1.807, 2.05) is 0 Å². The maximum atomic E-state index is 9.03. The van der Waals surface area contributed by atoms with Crippen LogP contribution in [-0.4, -0.2) is 50.3 Å². The van der Waals surface area contributed by atoms with E-state index in [0.717, 1.165) is 58.2 Å². The molecule has 4 heteroatoms. The van der Waals surface area contributed by atoms with Crippen molar-refractivity contribution in [3.8, 4) is 6.07 Å². The minimum absolute atomic E-state index is 0.0709. The van der Waals surface area contributed by atoms with Crippen molar-refractivity contribution in [2.75, 3.05) is 39.4 Å². The quantitative estimate of drug-likeness (QED) is 0.706. The second-order valence-electron chi connectivity index (χ2n) is 4.40. The van der Waals surface area contributed by atoms with E-state index < -0.39 is 0 Å². The smallest absolute Gasteiger partial charge is 0.110 e. The van der Waals surface area contributed by atoms with Crippen molar-refractivity contribution in [3.63, 3.8) is 0 Å². The van der Waals surface area contributed by atoms with E-state index in [4.69, 9.17) is 10.00 Å². The summed E-state index contributed by atoms with van der Waals surface area (Å²) in [4.78, 5) is 2.33. The molecule has 2 aliphatic rings. The summed E-state index contributed by atoms with van der Waals surface area (Å²) in [7, 11) is 0. The van der Waals surface area contributed by atoms with Crippen LogP contribution in [0.15, 0.2) is 0 Å². The van der Waals surface area contributed by atoms with Gasteiger partial charge in [-0.2, -0.15) is 5.26 Å². The van der Waals surface area contributed by atoms with Crippen LogP contribution in [0.2, 0.25) is 0 Å². The molecule has 0 aliphatic carbocycles. The summed E-state index contributed by atoms with van der Waals surface area (Å²) in [5.74, 6) is 0.729. The number of nitrogens with zero attached hydrogens (tertiary/aromatic N) is 2. The lowest BCUT2D eigenvalue weighted by Gasteiger charge is -2.35. The summed E-state index contributed by atoms with van der Waals surface area (Å²) < 4.78 is 5.35. The topological polar surface area (TPSA) is 48.3 Å². The fourth-order valence-electron chi connectivity index (χ4n) is 2.35. The van der Waals surface area contributed by atoms with Crippen molar-refractivity contribution in [2.45, 2.75) is 18.9 Å². The van der Waals surface area contributed by atoms with Gasteiger partial charge in [0.15, 0.2) is 0 Å². The molecule has 0 radical (unpaired) electrons. The van der Waals surface area contributed by atoms with Crippen LogP contribution in [0.1, 0.15) is 12.8 Å². The van der Waals surface area contributed by atoms with Crippen LogP contribution in [0, 0.1) is 17.2 Å². The maximum Gasteiger partial charge on any atom is 0.110 e. The minimum atomic E-state index is 0.0709. The first-order valence-electron chi connectivity index (χ1n) is 5.82. The molecule has 0 amide bonds. The van der Waals surface area contributed by atoms with Gasteiger partial charge in [0.2, 0.25) is 0 Å². The highest BCUT2D eigenvalue weighted by Crippen LogP contribution is 2.17. The van der Waals surface area contributed by atoms with Crippen LogP contribution in [0.3, 0.4) is 0 Å². The summed E-state index contributed by atoms with van der Waals surface area (Å²) >= 11 is 0. The number of rotatable bonds is 2. The van der Waals surface area contributed by atoms with Gasteiger partial charge < -0.3 is 10.1 Å². The number of ether oxygens (including phenoxy) is 1. The summed E-state index contributed by atoms with van der Waals surface area (Å²) in [6.07, 6.45) is 2.31. The molecule has 1 unspecified atom stereocenters. The molecule has 4 nitrogen and oxygen atoms in total. The first kappa shape index (κ1) is 10.9. The molecule has 1 N–H and O–H groups in total. The van der Waals surface area contributed by atoms with Crippen molar-refractivity contribution in [2.24, 2.45) is 5.92 Å². The Labute approximate surface area is 91.2 Å². The Morgan fingerprint density at radius 3 is 2.93 bits per heavy atom. The van der Waals surface area contributed by atoms with Gasteiger partial charge in [0, 0.05) is 39.4 Å². The Morgan fingerprint density at radius 1 is 1.40 bits per heavy atom. The predicted molar refractivity (Wildman–Crippen MR) is 57.4 cm³/mol. The summed E-state index contributed by atoms with van der Waals surface area (Å²) in [5.41, 5.74) is 0. The van der Waals surface area contributed by atoms with Crippen molar-refractivity contribution in [1.82, 2.24) is 10.2 Å². The monoisotopic (exact) mass is 209 g/mol. The van der Waals surface area contributed by atoms with Crippen molar-refractivity contribution in [3.05, 3.63) is 0 Å². The van der Waals surface area contributed by atoms with Crippen LogP contribution in [0.25, 0.3) is 0 Å². The molecule has 0 aromatic carbocycles. The maximum absolute atomic E-state index is 9.03. The van der Waals surface area contributed by atoms with Gasteiger partial charge >= 0.3 is 0 Å². The molecule has 84 valence electrons. The van der Waals surface area contributed by atoms with Gasteiger partial charge in [0.05, 0.1) is 6.07 Å². The van der Waals surface area contributed by atoms with Crippen LogP contribution in [0.4, 0.5) is 0 Å². The number of hydrogen-bond acceptors (Lipinski definition) is 4. The van der Waals surface area contributed by atoms with Crippen molar-refractivity contribution >= 4 is 0 Å². The van der Waals surface area contributed by atoms with E-state index in [1.165, 1.54) is 0 Å². The average Bonchev–Trinajstić information content (AvgIpc) is 2.31. The summed E-state index contributed by atoms with van der Waals surface area (Å²) in [6, 6.07) is 2.45. The van der Waals surface area contributed by atoms with Gasteiger partial charge in [-0.1, -0.05) is 0 Å². The molecule has 2 saturated heterocycles. The number of nitriles is 1. The first-order chi connectivity index (χ1) is 7.40. The van der Waals surface area contributed by atoms with Gasteiger partial charge in [0.25, 0.3) is 0 Å². The number of hydrogen-bond donors (Lipinski definition) is 1. The second kappa shape index (κ2) is 5.45. The molecule has 0 bridgehead atoms. The Kier molecular flexibility index (Phi) is 3.95. The highest BCUT2D eigenvalue weighted by molar-refractivity contribution is 4.96. The molecular weight excluding hydrogens is 190 g/mol. The molecule has 0 spiro atoms. The van der Waals surface area contributed by atoms with Crippen molar-refractivity contribution in [1.29, 1.82) is 5.26 Å². The molecule has 2 aliphatic heterocycles. The molecule has 15 heavy (non-hydrogen) atoms. The zero-order chi connectivity index (χ0) is 10.5. The van der Waals surface area contributed by atoms with Crippen LogP contribution in [0.5, 0.6) is 0 Å². The third-order valence-electron chi connectivity index (χ3n) is 3.34. The van der Waals surface area contributed by atoms with E-state index in [-0.39, 0.29) is 6.04 Å². The average molecular weight is 209 g/mol. The van der Waals surface area contributed by atoms with E-state index >= 15 is 0 Å². The van der Waals surface area contributed by atoms with E-state index in [1.54, 1.807) is 0 Å². The minimum Gasteiger partial charge on any atom is -0.381 e. The predicted octanol–water partition coefficient (Wildman–Crippen LogP) is 0.210. The zero-order valence-corrected chi connectivity index (χ0v) is 9.11. The second-order valence-corrected chi connectivity index (χ2v) is 4.40. The lowest BCUT2D eigenvalue weighted by atomic mass is 9.98. The molecule has 2 fully saturated rings. The van der Waals surface area contributed by atoms with E-state index in [0.29, 0.717) is 0 Å². The molecule has 0 aromatic rings. The fraction of sp³-hybridized carbons (Fsp3) is 0.909. The molecule has 2 heterocycles. The van der Waals surface area contributed by atoms with Gasteiger partial charge in [-0.05, 0) is 18.8 Å². The lowest BCUT2D eigenvalue weighted by Crippen LogP contribution is -2.52. The van der Waals surface area contributed by atoms with E-state index in [2.05, 4.69) is 16.3 Å². The van der Waals surface area contributed by atoms with Crippen LogP contribution in [-0.2, 0) is 4.74 Å². The Bertz CT molecular complexity index is 232. The van der Waals surface area contributed by atoms with Gasteiger partial charge in [-0.15, -0.1) is 0 Å². The lowest BCUT2D eigenvalue weighted by molar-refractivity contribution is 0.0462. The fourth-order valence-corrected chi connectivity index (χ4v) is 2.35. The third kappa shape index (κ3) is 2.91.